The van der Waals surface area contributed by atoms with Gasteiger partial charge in [-0.1, -0.05) is 13.3 Å². The van der Waals surface area contributed by atoms with Gasteiger partial charge in [0, 0.05) is 11.6 Å². The molecule has 0 heterocycles. The molecule has 0 aliphatic heterocycles. The van der Waals surface area contributed by atoms with Crippen LogP contribution in [0.1, 0.15) is 31.4 Å². The molecule has 0 saturated heterocycles. The van der Waals surface area contributed by atoms with Crippen molar-refractivity contribution in [2.75, 3.05) is 21.3 Å². The Balaban J connectivity index is 0.00000289. The number of methoxy groups -OCH3 is 3. The van der Waals surface area contributed by atoms with E-state index in [1.165, 1.54) is 0 Å². The molecule has 0 unspecified atom stereocenters. The lowest BCUT2D eigenvalue weighted by molar-refractivity contribution is 0.320. The van der Waals surface area contributed by atoms with Gasteiger partial charge < -0.3 is 19.9 Å². The molecule has 104 valence electrons. The normalized spacial score (nSPS) is 11.4. The SMILES string of the molecule is CCC[C@H](N)c1ccc(OC)c(OC)c1OC.Cl. The third kappa shape index (κ3) is 3.43. The number of rotatable bonds is 6. The molecule has 0 aromatic heterocycles. The molecule has 0 fully saturated rings. The molecule has 1 atom stereocenters. The standard InChI is InChI=1S/C13H21NO3.ClH/c1-5-6-10(14)9-7-8-11(15-2)13(17-4)12(9)16-3;/h7-8,10H,5-6,14H2,1-4H3;1H/t10-;/m0./s1. The number of hydrogen-bond donors (Lipinski definition) is 1. The van der Waals surface area contributed by atoms with E-state index in [9.17, 15) is 0 Å². The third-order valence-electron chi connectivity index (χ3n) is 2.73. The van der Waals surface area contributed by atoms with Gasteiger partial charge in [-0.15, -0.1) is 12.4 Å². The average molecular weight is 276 g/mol. The molecule has 0 aliphatic rings. The Hall–Kier alpha value is -1.13. The molecule has 1 aromatic carbocycles. The number of halogens is 1. The zero-order valence-electron chi connectivity index (χ0n) is 11.4. The van der Waals surface area contributed by atoms with E-state index in [1.807, 2.05) is 12.1 Å². The quantitative estimate of drug-likeness (QED) is 0.867. The van der Waals surface area contributed by atoms with Crippen LogP contribution in [0.2, 0.25) is 0 Å². The number of benzene rings is 1. The number of nitrogens with two attached hydrogens (primary N) is 1. The van der Waals surface area contributed by atoms with Crippen LogP contribution in [0.25, 0.3) is 0 Å². The Morgan fingerprint density at radius 2 is 1.67 bits per heavy atom. The second-order valence-electron chi connectivity index (χ2n) is 3.82. The van der Waals surface area contributed by atoms with Crippen LogP contribution < -0.4 is 19.9 Å². The number of hydrogen-bond acceptors (Lipinski definition) is 4. The summed E-state index contributed by atoms with van der Waals surface area (Å²) in [6.07, 6.45) is 1.94. The van der Waals surface area contributed by atoms with Gasteiger partial charge in [0.1, 0.15) is 0 Å². The zero-order valence-corrected chi connectivity index (χ0v) is 12.2. The maximum Gasteiger partial charge on any atom is 0.203 e. The van der Waals surface area contributed by atoms with Gasteiger partial charge in [0.15, 0.2) is 11.5 Å². The first-order valence-electron chi connectivity index (χ1n) is 5.74. The van der Waals surface area contributed by atoms with E-state index in [0.29, 0.717) is 17.2 Å². The first-order chi connectivity index (χ1) is 8.19. The van der Waals surface area contributed by atoms with Crippen molar-refractivity contribution in [2.24, 2.45) is 5.73 Å². The Labute approximate surface area is 115 Å². The molecule has 4 nitrogen and oxygen atoms in total. The molecular weight excluding hydrogens is 254 g/mol. The smallest absolute Gasteiger partial charge is 0.203 e. The van der Waals surface area contributed by atoms with E-state index in [4.69, 9.17) is 19.9 Å². The summed E-state index contributed by atoms with van der Waals surface area (Å²) in [5.74, 6) is 1.91. The van der Waals surface area contributed by atoms with Crippen molar-refractivity contribution in [1.82, 2.24) is 0 Å². The van der Waals surface area contributed by atoms with Gasteiger partial charge in [0.05, 0.1) is 21.3 Å². The predicted octanol–water partition coefficient (Wildman–Crippen LogP) is 2.93. The summed E-state index contributed by atoms with van der Waals surface area (Å²) >= 11 is 0. The van der Waals surface area contributed by atoms with E-state index < -0.39 is 0 Å². The lowest BCUT2D eigenvalue weighted by atomic mass is 10.0. The minimum atomic E-state index is -0.0465. The van der Waals surface area contributed by atoms with Crippen molar-refractivity contribution in [2.45, 2.75) is 25.8 Å². The summed E-state index contributed by atoms with van der Waals surface area (Å²) in [5, 5.41) is 0. The minimum absolute atomic E-state index is 0. The third-order valence-corrected chi connectivity index (χ3v) is 2.73. The monoisotopic (exact) mass is 275 g/mol. The molecule has 5 heteroatoms. The first-order valence-corrected chi connectivity index (χ1v) is 5.74. The van der Waals surface area contributed by atoms with Gasteiger partial charge in [0.2, 0.25) is 5.75 Å². The molecule has 0 amide bonds. The lowest BCUT2D eigenvalue weighted by Crippen LogP contribution is -2.12. The molecule has 18 heavy (non-hydrogen) atoms. The van der Waals surface area contributed by atoms with Crippen LogP contribution in [0, 0.1) is 0 Å². The molecule has 1 rings (SSSR count). The number of ether oxygens (including phenoxy) is 3. The molecular formula is C13H22ClNO3. The van der Waals surface area contributed by atoms with Crippen LogP contribution in [0.4, 0.5) is 0 Å². The summed E-state index contributed by atoms with van der Waals surface area (Å²) in [5.41, 5.74) is 7.07. The second kappa shape index (κ2) is 8.06. The summed E-state index contributed by atoms with van der Waals surface area (Å²) in [7, 11) is 4.80. The Kier molecular flexibility index (Phi) is 7.55. The molecule has 2 N–H and O–H groups in total. The summed E-state index contributed by atoms with van der Waals surface area (Å²) < 4.78 is 15.9. The van der Waals surface area contributed by atoms with E-state index in [-0.39, 0.29) is 18.4 Å². The van der Waals surface area contributed by atoms with Crippen molar-refractivity contribution >= 4 is 12.4 Å². The van der Waals surface area contributed by atoms with Gasteiger partial charge in [0.25, 0.3) is 0 Å². The molecule has 0 aliphatic carbocycles. The molecule has 0 bridgehead atoms. The van der Waals surface area contributed by atoms with Gasteiger partial charge >= 0.3 is 0 Å². The maximum atomic E-state index is 6.12. The van der Waals surface area contributed by atoms with Crippen LogP contribution in [0.5, 0.6) is 17.2 Å². The predicted molar refractivity (Wildman–Crippen MR) is 75.2 cm³/mol. The molecule has 1 aromatic rings. The van der Waals surface area contributed by atoms with Crippen LogP contribution >= 0.6 is 12.4 Å². The average Bonchev–Trinajstić information content (AvgIpc) is 2.36. The largest absolute Gasteiger partial charge is 0.493 e. The van der Waals surface area contributed by atoms with Crippen LogP contribution in [-0.2, 0) is 0 Å². The fourth-order valence-electron chi connectivity index (χ4n) is 1.88. The fraction of sp³-hybridized carbons (Fsp3) is 0.538. The fourth-order valence-corrected chi connectivity index (χ4v) is 1.88. The summed E-state index contributed by atoms with van der Waals surface area (Å²) in [6, 6.07) is 3.74. The molecule has 0 spiro atoms. The van der Waals surface area contributed by atoms with Crippen molar-refractivity contribution in [1.29, 1.82) is 0 Å². The second-order valence-corrected chi connectivity index (χ2v) is 3.82. The van der Waals surface area contributed by atoms with Crippen molar-refractivity contribution in [3.8, 4) is 17.2 Å². The minimum Gasteiger partial charge on any atom is -0.493 e. The Morgan fingerprint density at radius 1 is 1.06 bits per heavy atom. The van der Waals surface area contributed by atoms with Crippen molar-refractivity contribution < 1.29 is 14.2 Å². The van der Waals surface area contributed by atoms with Crippen LogP contribution in [0.3, 0.4) is 0 Å². The summed E-state index contributed by atoms with van der Waals surface area (Å²) in [4.78, 5) is 0. The summed E-state index contributed by atoms with van der Waals surface area (Å²) in [6.45, 7) is 2.10. The van der Waals surface area contributed by atoms with E-state index in [2.05, 4.69) is 6.92 Å². The first kappa shape index (κ1) is 16.9. The van der Waals surface area contributed by atoms with Crippen molar-refractivity contribution in [3.63, 3.8) is 0 Å². The van der Waals surface area contributed by atoms with Gasteiger partial charge in [-0.2, -0.15) is 0 Å². The highest BCUT2D eigenvalue weighted by atomic mass is 35.5. The van der Waals surface area contributed by atoms with Gasteiger partial charge in [-0.3, -0.25) is 0 Å². The lowest BCUT2D eigenvalue weighted by Gasteiger charge is -2.19. The highest BCUT2D eigenvalue weighted by Crippen LogP contribution is 2.42. The highest BCUT2D eigenvalue weighted by Gasteiger charge is 2.19. The topological polar surface area (TPSA) is 53.7 Å². The van der Waals surface area contributed by atoms with E-state index in [1.54, 1.807) is 21.3 Å². The Morgan fingerprint density at radius 3 is 2.11 bits per heavy atom. The zero-order chi connectivity index (χ0) is 12.8. The Bertz CT molecular complexity index is 371. The highest BCUT2D eigenvalue weighted by molar-refractivity contribution is 5.85. The molecule has 0 saturated carbocycles. The molecule has 0 radical (unpaired) electrons. The van der Waals surface area contributed by atoms with Crippen LogP contribution in [-0.4, -0.2) is 21.3 Å². The van der Waals surface area contributed by atoms with Gasteiger partial charge in [-0.25, -0.2) is 0 Å². The van der Waals surface area contributed by atoms with E-state index >= 15 is 0 Å². The van der Waals surface area contributed by atoms with Crippen molar-refractivity contribution in [3.05, 3.63) is 17.7 Å². The van der Waals surface area contributed by atoms with Crippen LogP contribution in [0.15, 0.2) is 12.1 Å². The van der Waals surface area contributed by atoms with Gasteiger partial charge in [-0.05, 0) is 18.6 Å². The maximum absolute atomic E-state index is 6.12. The van der Waals surface area contributed by atoms with E-state index in [0.717, 1.165) is 18.4 Å².